The van der Waals surface area contributed by atoms with Crippen molar-refractivity contribution in [2.75, 3.05) is 11.8 Å². The quantitative estimate of drug-likeness (QED) is 0.659. The Morgan fingerprint density at radius 3 is 2.32 bits per heavy atom. The van der Waals surface area contributed by atoms with Crippen molar-refractivity contribution in [1.29, 1.82) is 0 Å². The first-order valence-electron chi connectivity index (χ1n) is 8.83. The van der Waals surface area contributed by atoms with Gasteiger partial charge in [-0.05, 0) is 43.2 Å². The van der Waals surface area contributed by atoms with E-state index in [4.69, 9.17) is 0 Å². The standard InChI is InChI=1S/C20H24N2O5S/c1-4-14(2)21-19(23)17-7-5-6-8-18(17)22-28(25,26)13-15-9-11-16(12-10-15)20(24)27-3/h5-12,14,22H,4,13H2,1-3H3,(H,21,23)/t14-/m1/s1. The van der Waals surface area contributed by atoms with Crippen molar-refractivity contribution in [3.05, 3.63) is 65.2 Å². The molecule has 1 atom stereocenters. The molecular weight excluding hydrogens is 380 g/mol. The molecule has 7 nitrogen and oxygen atoms in total. The number of hydrogen-bond donors (Lipinski definition) is 2. The molecule has 0 aliphatic rings. The Kier molecular flexibility index (Phi) is 7.17. The summed E-state index contributed by atoms with van der Waals surface area (Å²) in [5, 5.41) is 2.83. The van der Waals surface area contributed by atoms with Gasteiger partial charge < -0.3 is 10.1 Å². The van der Waals surface area contributed by atoms with Gasteiger partial charge in [0.2, 0.25) is 10.0 Å². The average molecular weight is 404 g/mol. The predicted octanol–water partition coefficient (Wildman–Crippen LogP) is 2.94. The van der Waals surface area contributed by atoms with Crippen molar-refractivity contribution in [3.63, 3.8) is 0 Å². The van der Waals surface area contributed by atoms with Crippen LogP contribution in [-0.4, -0.2) is 33.4 Å². The van der Waals surface area contributed by atoms with E-state index in [0.717, 1.165) is 6.42 Å². The molecule has 2 rings (SSSR count). The van der Waals surface area contributed by atoms with Gasteiger partial charge in [0, 0.05) is 6.04 Å². The van der Waals surface area contributed by atoms with Gasteiger partial charge in [-0.3, -0.25) is 9.52 Å². The molecule has 2 aromatic rings. The van der Waals surface area contributed by atoms with Crippen molar-refractivity contribution in [1.82, 2.24) is 5.32 Å². The first-order valence-corrected chi connectivity index (χ1v) is 10.5. The third-order valence-corrected chi connectivity index (χ3v) is 5.40. The van der Waals surface area contributed by atoms with Gasteiger partial charge in [-0.15, -0.1) is 0 Å². The number of anilines is 1. The number of carbonyl (C=O) groups is 2. The fourth-order valence-corrected chi connectivity index (χ4v) is 3.67. The van der Waals surface area contributed by atoms with E-state index in [1.807, 2.05) is 13.8 Å². The SMILES string of the molecule is CC[C@@H](C)NC(=O)c1ccccc1NS(=O)(=O)Cc1ccc(C(=O)OC)cc1. The van der Waals surface area contributed by atoms with Crippen LogP contribution in [0.25, 0.3) is 0 Å². The highest BCUT2D eigenvalue weighted by Crippen LogP contribution is 2.19. The second-order valence-corrected chi connectivity index (χ2v) is 8.10. The van der Waals surface area contributed by atoms with Crippen LogP contribution in [0.15, 0.2) is 48.5 Å². The number of ether oxygens (including phenoxy) is 1. The molecule has 0 aromatic heterocycles. The molecule has 0 spiro atoms. The summed E-state index contributed by atoms with van der Waals surface area (Å²) in [6.45, 7) is 3.83. The molecule has 0 fully saturated rings. The van der Waals surface area contributed by atoms with Gasteiger partial charge in [0.15, 0.2) is 0 Å². The lowest BCUT2D eigenvalue weighted by atomic mass is 10.1. The highest BCUT2D eigenvalue weighted by Gasteiger charge is 2.18. The normalized spacial score (nSPS) is 12.1. The molecule has 0 unspecified atom stereocenters. The lowest BCUT2D eigenvalue weighted by Gasteiger charge is -2.15. The van der Waals surface area contributed by atoms with Gasteiger partial charge in [0.1, 0.15) is 0 Å². The van der Waals surface area contributed by atoms with Crippen molar-refractivity contribution in [2.24, 2.45) is 0 Å². The maximum absolute atomic E-state index is 12.6. The topological polar surface area (TPSA) is 102 Å². The molecule has 0 radical (unpaired) electrons. The second-order valence-electron chi connectivity index (χ2n) is 6.38. The summed E-state index contributed by atoms with van der Waals surface area (Å²) in [6.07, 6.45) is 0.765. The number of esters is 1. The van der Waals surface area contributed by atoms with E-state index >= 15 is 0 Å². The Balaban J connectivity index is 2.16. The van der Waals surface area contributed by atoms with Crippen LogP contribution in [-0.2, 0) is 20.5 Å². The third kappa shape index (κ3) is 5.82. The van der Waals surface area contributed by atoms with E-state index in [2.05, 4.69) is 14.8 Å². The molecular formula is C20H24N2O5S. The van der Waals surface area contributed by atoms with E-state index < -0.39 is 16.0 Å². The smallest absolute Gasteiger partial charge is 0.337 e. The number of para-hydroxylation sites is 1. The largest absolute Gasteiger partial charge is 0.465 e. The molecule has 28 heavy (non-hydrogen) atoms. The number of benzene rings is 2. The molecule has 150 valence electrons. The second kappa shape index (κ2) is 9.36. The van der Waals surface area contributed by atoms with Gasteiger partial charge >= 0.3 is 5.97 Å². The fourth-order valence-electron chi connectivity index (χ4n) is 2.45. The number of carbonyl (C=O) groups excluding carboxylic acids is 2. The van der Waals surface area contributed by atoms with Crippen molar-refractivity contribution in [3.8, 4) is 0 Å². The fraction of sp³-hybridized carbons (Fsp3) is 0.300. The highest BCUT2D eigenvalue weighted by molar-refractivity contribution is 7.91. The third-order valence-electron chi connectivity index (χ3n) is 4.16. The lowest BCUT2D eigenvalue weighted by Crippen LogP contribution is -2.32. The predicted molar refractivity (Wildman–Crippen MR) is 108 cm³/mol. The minimum Gasteiger partial charge on any atom is -0.465 e. The maximum Gasteiger partial charge on any atom is 0.337 e. The Morgan fingerprint density at radius 1 is 1.07 bits per heavy atom. The Labute approximate surface area is 165 Å². The zero-order valence-corrected chi connectivity index (χ0v) is 16.9. The molecule has 1 amide bonds. The van der Waals surface area contributed by atoms with Crippen LogP contribution in [0.4, 0.5) is 5.69 Å². The van der Waals surface area contributed by atoms with Crippen LogP contribution >= 0.6 is 0 Å². The molecule has 2 aromatic carbocycles. The van der Waals surface area contributed by atoms with Gasteiger partial charge in [0.25, 0.3) is 5.91 Å². The first-order chi connectivity index (χ1) is 13.3. The molecule has 0 saturated heterocycles. The van der Waals surface area contributed by atoms with E-state index in [9.17, 15) is 18.0 Å². The molecule has 2 N–H and O–H groups in total. The maximum atomic E-state index is 12.6. The summed E-state index contributed by atoms with van der Waals surface area (Å²) >= 11 is 0. The zero-order chi connectivity index (χ0) is 20.7. The first kappa shape index (κ1) is 21.4. The Hall–Kier alpha value is -2.87. The highest BCUT2D eigenvalue weighted by atomic mass is 32.2. The van der Waals surface area contributed by atoms with E-state index in [-0.39, 0.29) is 29.0 Å². The monoisotopic (exact) mass is 404 g/mol. The van der Waals surface area contributed by atoms with Crippen LogP contribution in [0.5, 0.6) is 0 Å². The molecule has 0 aliphatic heterocycles. The summed E-state index contributed by atoms with van der Waals surface area (Å²) in [7, 11) is -2.49. The number of amides is 1. The van der Waals surface area contributed by atoms with Crippen LogP contribution in [0.3, 0.4) is 0 Å². The number of nitrogens with one attached hydrogen (secondary N) is 2. The number of methoxy groups -OCH3 is 1. The summed E-state index contributed by atoms with van der Waals surface area (Å²) in [5.41, 5.74) is 1.31. The lowest BCUT2D eigenvalue weighted by molar-refractivity contribution is 0.0600. The summed E-state index contributed by atoms with van der Waals surface area (Å²) in [6, 6.07) is 12.5. The van der Waals surface area contributed by atoms with Gasteiger partial charge in [0.05, 0.1) is 29.7 Å². The Bertz CT molecular complexity index is 939. The number of sulfonamides is 1. The van der Waals surface area contributed by atoms with Crippen molar-refractivity contribution >= 4 is 27.6 Å². The zero-order valence-electron chi connectivity index (χ0n) is 16.1. The Morgan fingerprint density at radius 2 is 1.71 bits per heavy atom. The minimum absolute atomic E-state index is 0.0227. The molecule has 0 aliphatic carbocycles. The molecule has 8 heteroatoms. The van der Waals surface area contributed by atoms with Crippen LogP contribution in [0.2, 0.25) is 0 Å². The van der Waals surface area contributed by atoms with E-state index in [1.54, 1.807) is 36.4 Å². The average Bonchev–Trinajstić information content (AvgIpc) is 2.67. The number of hydrogen-bond acceptors (Lipinski definition) is 5. The van der Waals surface area contributed by atoms with Gasteiger partial charge in [-0.25, -0.2) is 13.2 Å². The molecule has 0 saturated carbocycles. The van der Waals surface area contributed by atoms with Crippen molar-refractivity contribution in [2.45, 2.75) is 32.1 Å². The van der Waals surface area contributed by atoms with Crippen LogP contribution in [0, 0.1) is 0 Å². The number of rotatable bonds is 8. The van der Waals surface area contributed by atoms with Crippen molar-refractivity contribution < 1.29 is 22.7 Å². The summed E-state index contributed by atoms with van der Waals surface area (Å²) < 4.78 is 32.2. The molecule has 0 bridgehead atoms. The van der Waals surface area contributed by atoms with Crippen LogP contribution < -0.4 is 10.0 Å². The summed E-state index contributed by atoms with van der Waals surface area (Å²) in [5.74, 6) is -1.13. The summed E-state index contributed by atoms with van der Waals surface area (Å²) in [4.78, 5) is 23.9. The molecule has 0 heterocycles. The van der Waals surface area contributed by atoms with Crippen LogP contribution in [0.1, 0.15) is 46.5 Å². The van der Waals surface area contributed by atoms with E-state index in [1.165, 1.54) is 19.2 Å². The van der Waals surface area contributed by atoms with Gasteiger partial charge in [-0.2, -0.15) is 0 Å². The van der Waals surface area contributed by atoms with Gasteiger partial charge in [-0.1, -0.05) is 31.2 Å². The minimum atomic E-state index is -3.76. The van der Waals surface area contributed by atoms with E-state index in [0.29, 0.717) is 11.1 Å².